The Morgan fingerprint density at radius 2 is 1.86 bits per heavy atom. The van der Waals surface area contributed by atoms with Crippen LogP contribution >= 0.6 is 11.8 Å². The van der Waals surface area contributed by atoms with E-state index in [1.165, 1.54) is 40.9 Å². The van der Waals surface area contributed by atoms with Gasteiger partial charge in [-0.2, -0.15) is 4.31 Å². The molecule has 226 valence electrons. The minimum atomic E-state index is -4.06. The Hall–Kier alpha value is -4.01. The topological polar surface area (TPSA) is 156 Å². The smallest absolute Gasteiger partial charge is 0.334 e. The summed E-state index contributed by atoms with van der Waals surface area (Å²) in [7, 11) is -4.06. The molecule has 43 heavy (non-hydrogen) atoms. The molecule has 0 spiro atoms. The number of hydrogen-bond donors (Lipinski definition) is 2. The maximum Gasteiger partial charge on any atom is 0.334 e. The highest BCUT2D eigenvalue weighted by atomic mass is 32.2. The lowest BCUT2D eigenvalue weighted by Crippen LogP contribution is -2.56. The summed E-state index contributed by atoms with van der Waals surface area (Å²) >= 11 is 1.29. The molecule has 0 saturated carbocycles. The van der Waals surface area contributed by atoms with Crippen LogP contribution in [-0.4, -0.2) is 71.5 Å². The molecular weight excluding hydrogens is 592 g/mol. The summed E-state index contributed by atoms with van der Waals surface area (Å²) in [6, 6.07) is 10.9. The van der Waals surface area contributed by atoms with Gasteiger partial charge in [-0.15, -0.1) is 11.8 Å². The summed E-state index contributed by atoms with van der Waals surface area (Å²) in [4.78, 5) is 47.3. The number of carbonyl (C=O) groups excluding carboxylic acids is 1. The Balaban J connectivity index is 1.38. The SMILES string of the molecule is CCCn1c(=O)n(-c2ccc(C[C@H](NC(=O)[C@H]3N(S(=O)(=O)c4cccnc4)CSC3(C)C)C(=O)O)cc2)c2ncccc21. The van der Waals surface area contributed by atoms with Crippen molar-refractivity contribution in [2.45, 2.75) is 61.9 Å². The molecule has 0 aliphatic carbocycles. The van der Waals surface area contributed by atoms with Crippen LogP contribution < -0.4 is 11.0 Å². The van der Waals surface area contributed by atoms with E-state index in [9.17, 15) is 27.9 Å². The Labute approximate surface area is 252 Å². The third-order valence-electron chi connectivity index (χ3n) is 7.39. The number of pyridine rings is 2. The lowest BCUT2D eigenvalue weighted by atomic mass is 10.0. The van der Waals surface area contributed by atoms with Crippen molar-refractivity contribution in [2.24, 2.45) is 0 Å². The molecule has 4 aromatic rings. The second kappa shape index (κ2) is 11.9. The summed E-state index contributed by atoms with van der Waals surface area (Å²) < 4.78 is 30.2. The van der Waals surface area contributed by atoms with Gasteiger partial charge in [0, 0.05) is 36.3 Å². The van der Waals surface area contributed by atoms with Gasteiger partial charge in [0.1, 0.15) is 17.0 Å². The Kier molecular flexibility index (Phi) is 8.45. The number of rotatable bonds is 10. The number of thioether (sulfide) groups is 1. The van der Waals surface area contributed by atoms with Crippen molar-refractivity contribution in [3.05, 3.63) is 83.2 Å². The van der Waals surface area contributed by atoms with Gasteiger partial charge in [-0.05, 0) is 62.2 Å². The summed E-state index contributed by atoms with van der Waals surface area (Å²) in [5.74, 6) is -1.93. The minimum absolute atomic E-state index is 0.0321. The van der Waals surface area contributed by atoms with E-state index < -0.39 is 38.7 Å². The number of carbonyl (C=O) groups is 2. The van der Waals surface area contributed by atoms with E-state index in [4.69, 9.17) is 0 Å². The van der Waals surface area contributed by atoms with Crippen LogP contribution in [0.15, 0.2) is 76.8 Å². The molecule has 0 bridgehead atoms. The number of hydrogen-bond acceptors (Lipinski definition) is 8. The molecule has 14 heteroatoms. The summed E-state index contributed by atoms with van der Waals surface area (Å²) in [6.45, 7) is 6.04. The van der Waals surface area contributed by atoms with Crippen LogP contribution in [-0.2, 0) is 32.6 Å². The second-order valence-electron chi connectivity index (χ2n) is 10.7. The van der Waals surface area contributed by atoms with Gasteiger partial charge in [0.2, 0.25) is 15.9 Å². The fraction of sp³-hybridized carbons (Fsp3) is 0.345. The summed E-state index contributed by atoms with van der Waals surface area (Å²) in [5, 5.41) is 12.6. The number of carboxylic acids is 1. The van der Waals surface area contributed by atoms with Crippen LogP contribution in [0.1, 0.15) is 32.8 Å². The van der Waals surface area contributed by atoms with Gasteiger partial charge in [-0.25, -0.2) is 27.6 Å². The molecule has 1 aromatic carbocycles. The molecule has 0 radical (unpaired) electrons. The maximum absolute atomic E-state index is 13.6. The molecule has 3 aromatic heterocycles. The zero-order valence-corrected chi connectivity index (χ0v) is 25.5. The van der Waals surface area contributed by atoms with E-state index in [0.29, 0.717) is 23.4 Å². The van der Waals surface area contributed by atoms with Gasteiger partial charge in [-0.1, -0.05) is 19.1 Å². The first-order valence-electron chi connectivity index (χ1n) is 13.7. The maximum atomic E-state index is 13.6. The second-order valence-corrected chi connectivity index (χ2v) is 14.2. The predicted molar refractivity (Wildman–Crippen MR) is 162 cm³/mol. The van der Waals surface area contributed by atoms with Crippen LogP contribution in [0.3, 0.4) is 0 Å². The van der Waals surface area contributed by atoms with E-state index in [-0.39, 0.29) is 22.9 Å². The number of nitrogens with zero attached hydrogens (tertiary/aromatic N) is 5. The predicted octanol–water partition coefficient (Wildman–Crippen LogP) is 2.65. The number of nitrogens with one attached hydrogen (secondary N) is 1. The van der Waals surface area contributed by atoms with Crippen LogP contribution in [0.2, 0.25) is 0 Å². The molecule has 2 N–H and O–H groups in total. The molecule has 1 aliphatic heterocycles. The van der Waals surface area contributed by atoms with Crippen LogP contribution in [0.25, 0.3) is 16.9 Å². The fourth-order valence-corrected chi connectivity index (χ4v) is 8.38. The monoisotopic (exact) mass is 624 g/mol. The molecule has 1 saturated heterocycles. The number of carboxylic acid groups (broad SMARTS) is 1. The Morgan fingerprint density at radius 3 is 2.51 bits per heavy atom. The molecule has 5 rings (SSSR count). The van der Waals surface area contributed by atoms with Crippen LogP contribution in [0, 0.1) is 0 Å². The first-order chi connectivity index (χ1) is 20.5. The van der Waals surface area contributed by atoms with Gasteiger partial charge in [0.15, 0.2) is 5.65 Å². The Bertz CT molecular complexity index is 1820. The van der Waals surface area contributed by atoms with Crippen molar-refractivity contribution in [3.8, 4) is 5.69 Å². The number of aromatic nitrogens is 4. The van der Waals surface area contributed by atoms with Crippen molar-refractivity contribution in [1.29, 1.82) is 0 Å². The number of imidazole rings is 1. The quantitative estimate of drug-likeness (QED) is 0.271. The molecule has 2 atom stereocenters. The summed E-state index contributed by atoms with van der Waals surface area (Å²) in [6.07, 6.45) is 5.02. The lowest BCUT2D eigenvalue weighted by Gasteiger charge is -2.30. The molecule has 4 heterocycles. The van der Waals surface area contributed by atoms with Crippen molar-refractivity contribution in [1.82, 2.24) is 28.7 Å². The number of amides is 1. The zero-order valence-electron chi connectivity index (χ0n) is 23.9. The minimum Gasteiger partial charge on any atom is -0.480 e. The van der Waals surface area contributed by atoms with Gasteiger partial charge in [-0.3, -0.25) is 14.3 Å². The zero-order chi connectivity index (χ0) is 30.9. The number of sulfonamides is 1. The average Bonchev–Trinajstić information content (AvgIpc) is 3.46. The fourth-order valence-electron chi connectivity index (χ4n) is 5.25. The molecule has 1 amide bonds. The normalized spacial score (nSPS) is 17.6. The van der Waals surface area contributed by atoms with Gasteiger partial charge in [0.05, 0.1) is 17.1 Å². The highest BCUT2D eigenvalue weighted by molar-refractivity contribution is 8.02. The van der Waals surface area contributed by atoms with Crippen LogP contribution in [0.5, 0.6) is 0 Å². The first-order valence-corrected chi connectivity index (χ1v) is 16.1. The number of benzene rings is 1. The molecule has 1 aliphatic rings. The highest BCUT2D eigenvalue weighted by Gasteiger charge is 2.51. The van der Waals surface area contributed by atoms with E-state index in [2.05, 4.69) is 15.3 Å². The van der Waals surface area contributed by atoms with E-state index in [1.807, 2.05) is 13.0 Å². The van der Waals surface area contributed by atoms with E-state index >= 15 is 0 Å². The largest absolute Gasteiger partial charge is 0.480 e. The van der Waals surface area contributed by atoms with E-state index in [0.717, 1.165) is 16.2 Å². The van der Waals surface area contributed by atoms with Crippen LogP contribution in [0.4, 0.5) is 0 Å². The van der Waals surface area contributed by atoms with Crippen molar-refractivity contribution in [2.75, 3.05) is 5.88 Å². The molecule has 0 unspecified atom stereocenters. The number of aliphatic carboxylic acids is 1. The molecule has 12 nitrogen and oxygen atoms in total. The van der Waals surface area contributed by atoms with Crippen molar-refractivity contribution in [3.63, 3.8) is 0 Å². The third-order valence-corrected chi connectivity index (χ3v) is 10.7. The van der Waals surface area contributed by atoms with Crippen molar-refractivity contribution >= 4 is 44.8 Å². The van der Waals surface area contributed by atoms with Gasteiger partial charge < -0.3 is 10.4 Å². The Morgan fingerprint density at radius 1 is 1.14 bits per heavy atom. The average molecular weight is 625 g/mol. The molecular formula is C29H32N6O6S2. The first kappa shape index (κ1) is 30.4. The van der Waals surface area contributed by atoms with Gasteiger partial charge >= 0.3 is 11.7 Å². The third kappa shape index (κ3) is 5.82. The number of fused-ring (bicyclic) bond motifs is 1. The summed E-state index contributed by atoms with van der Waals surface area (Å²) in [5.41, 5.74) is 2.20. The molecule has 1 fully saturated rings. The highest BCUT2D eigenvalue weighted by Crippen LogP contribution is 2.42. The van der Waals surface area contributed by atoms with E-state index in [1.54, 1.807) is 54.9 Å². The number of aryl methyl sites for hydroxylation is 1. The standard InChI is InChI=1S/C29H32N6O6S2/c1-4-15-33-23-8-6-14-31-25(23)35(28(33)39)20-11-9-19(10-12-20)16-22(27(37)38)32-26(36)24-29(2,3)42-18-34(24)43(40,41)21-7-5-13-30-17-21/h5-14,17,22,24H,4,15-16,18H2,1-3H3,(H,32,36)(H,37,38)/t22-,24+/m0/s1. The van der Waals surface area contributed by atoms with Gasteiger partial charge in [0.25, 0.3) is 0 Å². The lowest BCUT2D eigenvalue weighted by molar-refractivity contribution is -0.142. The van der Waals surface area contributed by atoms with Crippen molar-refractivity contribution < 1.29 is 23.1 Å².